The van der Waals surface area contributed by atoms with Crippen LogP contribution in [0.3, 0.4) is 0 Å². The Morgan fingerprint density at radius 3 is 2.57 bits per heavy atom. The van der Waals surface area contributed by atoms with Crippen LogP contribution >= 0.6 is 0 Å². The molecule has 0 spiro atoms. The zero-order chi connectivity index (χ0) is 16.0. The fraction of sp³-hybridized carbons (Fsp3) is 0.385. The number of carbonyl (C=O) groups excluding carboxylic acids is 2. The van der Waals surface area contributed by atoms with Crippen LogP contribution in [0, 0.1) is 6.92 Å². The first-order chi connectivity index (χ1) is 9.77. The van der Waals surface area contributed by atoms with E-state index >= 15 is 0 Å². The molecule has 0 aliphatic heterocycles. The van der Waals surface area contributed by atoms with Crippen LogP contribution in [0.2, 0.25) is 0 Å². The zero-order valence-corrected chi connectivity index (χ0v) is 12.7. The van der Waals surface area contributed by atoms with Crippen molar-refractivity contribution in [1.29, 1.82) is 0 Å². The summed E-state index contributed by atoms with van der Waals surface area (Å²) < 4.78 is 31.0. The lowest BCUT2D eigenvalue weighted by Crippen LogP contribution is -2.27. The van der Waals surface area contributed by atoms with E-state index < -0.39 is 21.9 Å². The third kappa shape index (κ3) is 4.83. The quantitative estimate of drug-likeness (QED) is 0.703. The maximum atomic E-state index is 12.0. The van der Waals surface area contributed by atoms with E-state index in [0.717, 1.165) is 0 Å². The fourth-order valence-electron chi connectivity index (χ4n) is 1.64. The first-order valence-corrected chi connectivity index (χ1v) is 7.82. The average molecular weight is 314 g/mol. The van der Waals surface area contributed by atoms with E-state index in [1.807, 2.05) is 0 Å². The van der Waals surface area contributed by atoms with Gasteiger partial charge in [0.1, 0.15) is 0 Å². The van der Waals surface area contributed by atoms with E-state index in [4.69, 9.17) is 10.5 Å². The van der Waals surface area contributed by atoms with Gasteiger partial charge in [-0.25, -0.2) is 13.1 Å². The molecule has 1 amide bonds. The van der Waals surface area contributed by atoms with Crippen molar-refractivity contribution in [1.82, 2.24) is 4.72 Å². The van der Waals surface area contributed by atoms with Gasteiger partial charge >= 0.3 is 5.97 Å². The molecule has 8 heteroatoms. The van der Waals surface area contributed by atoms with E-state index in [0.29, 0.717) is 5.56 Å². The number of primary amides is 1. The number of carbonyl (C=O) groups is 2. The Balaban J connectivity index is 2.81. The van der Waals surface area contributed by atoms with E-state index in [2.05, 4.69) is 4.72 Å². The molecule has 1 aromatic rings. The molecule has 0 fully saturated rings. The summed E-state index contributed by atoms with van der Waals surface area (Å²) in [5, 5.41) is 0. The number of esters is 1. The maximum Gasteiger partial charge on any atom is 0.307 e. The summed E-state index contributed by atoms with van der Waals surface area (Å²) >= 11 is 0. The smallest absolute Gasteiger partial charge is 0.307 e. The maximum absolute atomic E-state index is 12.0. The van der Waals surface area contributed by atoms with Crippen molar-refractivity contribution < 1.29 is 22.7 Å². The molecule has 0 radical (unpaired) electrons. The van der Waals surface area contributed by atoms with Crippen molar-refractivity contribution in [3.05, 3.63) is 29.3 Å². The van der Waals surface area contributed by atoms with Crippen LogP contribution in [0.5, 0.6) is 0 Å². The number of rotatable bonds is 7. The Morgan fingerprint density at radius 1 is 1.33 bits per heavy atom. The van der Waals surface area contributed by atoms with Gasteiger partial charge in [-0.3, -0.25) is 9.59 Å². The van der Waals surface area contributed by atoms with Gasteiger partial charge in [-0.1, -0.05) is 6.07 Å². The lowest BCUT2D eigenvalue weighted by molar-refractivity contribution is -0.142. The molecular formula is C13H18N2O5S. The minimum Gasteiger partial charge on any atom is -0.466 e. The van der Waals surface area contributed by atoms with E-state index in [9.17, 15) is 18.0 Å². The number of amides is 1. The van der Waals surface area contributed by atoms with Crippen LogP contribution in [-0.2, 0) is 19.6 Å². The average Bonchev–Trinajstić information content (AvgIpc) is 2.38. The number of nitrogens with two attached hydrogens (primary N) is 1. The highest BCUT2D eigenvalue weighted by Gasteiger charge is 2.17. The van der Waals surface area contributed by atoms with Gasteiger partial charge in [0.05, 0.1) is 17.9 Å². The topological polar surface area (TPSA) is 116 Å². The largest absolute Gasteiger partial charge is 0.466 e. The Labute approximate surface area is 123 Å². The normalized spacial score (nSPS) is 11.1. The summed E-state index contributed by atoms with van der Waals surface area (Å²) in [7, 11) is -3.81. The lowest BCUT2D eigenvalue weighted by Gasteiger charge is -2.09. The molecule has 0 heterocycles. The second-order valence-electron chi connectivity index (χ2n) is 4.29. The zero-order valence-electron chi connectivity index (χ0n) is 11.9. The fourth-order valence-corrected chi connectivity index (χ4v) is 2.70. The molecule has 0 unspecified atom stereocenters. The van der Waals surface area contributed by atoms with Crippen molar-refractivity contribution in [3.63, 3.8) is 0 Å². The molecule has 0 bridgehead atoms. The van der Waals surface area contributed by atoms with Crippen LogP contribution in [0.25, 0.3) is 0 Å². The highest BCUT2D eigenvalue weighted by atomic mass is 32.2. The number of ether oxygens (including phenoxy) is 1. The van der Waals surface area contributed by atoms with Crippen LogP contribution in [-0.4, -0.2) is 33.4 Å². The van der Waals surface area contributed by atoms with Gasteiger partial charge in [0, 0.05) is 12.1 Å². The van der Waals surface area contributed by atoms with Crippen LogP contribution in [0.4, 0.5) is 0 Å². The lowest BCUT2D eigenvalue weighted by atomic mass is 10.1. The van der Waals surface area contributed by atoms with Crippen molar-refractivity contribution >= 4 is 21.9 Å². The van der Waals surface area contributed by atoms with Crippen molar-refractivity contribution in [3.8, 4) is 0 Å². The van der Waals surface area contributed by atoms with Crippen LogP contribution in [0.15, 0.2) is 23.1 Å². The Morgan fingerprint density at radius 2 is 2.00 bits per heavy atom. The minimum absolute atomic E-state index is 0.0678. The SMILES string of the molecule is CCOC(=O)CCNS(=O)(=O)c1ccc(C)c(C(N)=O)c1. The summed E-state index contributed by atoms with van der Waals surface area (Å²) in [6.07, 6.45) is -0.0678. The number of aryl methyl sites for hydroxylation is 1. The van der Waals surface area contributed by atoms with E-state index in [1.54, 1.807) is 13.8 Å². The molecule has 0 saturated carbocycles. The highest BCUT2D eigenvalue weighted by Crippen LogP contribution is 2.15. The van der Waals surface area contributed by atoms with Crippen molar-refractivity contribution in [2.75, 3.05) is 13.2 Å². The molecule has 7 nitrogen and oxygen atoms in total. The predicted octanol–water partition coefficient (Wildman–Crippen LogP) is 0.325. The van der Waals surface area contributed by atoms with Crippen LogP contribution in [0.1, 0.15) is 29.3 Å². The minimum atomic E-state index is -3.81. The Hall–Kier alpha value is -1.93. The Bertz CT molecular complexity index is 640. The summed E-state index contributed by atoms with van der Waals surface area (Å²) in [6, 6.07) is 4.08. The van der Waals surface area contributed by atoms with E-state index in [1.165, 1.54) is 18.2 Å². The van der Waals surface area contributed by atoms with Gasteiger partial charge < -0.3 is 10.5 Å². The van der Waals surface area contributed by atoms with Crippen molar-refractivity contribution in [2.45, 2.75) is 25.2 Å². The number of benzene rings is 1. The molecule has 3 N–H and O–H groups in total. The molecular weight excluding hydrogens is 296 g/mol. The van der Waals surface area contributed by atoms with Gasteiger partial charge in [-0.15, -0.1) is 0 Å². The van der Waals surface area contributed by atoms with E-state index in [-0.39, 0.29) is 30.0 Å². The highest BCUT2D eigenvalue weighted by molar-refractivity contribution is 7.89. The van der Waals surface area contributed by atoms with Crippen LogP contribution < -0.4 is 10.5 Å². The molecule has 21 heavy (non-hydrogen) atoms. The van der Waals surface area contributed by atoms with Gasteiger partial charge in [-0.2, -0.15) is 0 Å². The second kappa shape index (κ2) is 7.19. The Kier molecular flexibility index (Phi) is 5.86. The molecule has 116 valence electrons. The first kappa shape index (κ1) is 17.1. The van der Waals surface area contributed by atoms with Gasteiger partial charge in [-0.05, 0) is 31.5 Å². The van der Waals surface area contributed by atoms with Gasteiger partial charge in [0.15, 0.2) is 0 Å². The third-order valence-electron chi connectivity index (χ3n) is 2.71. The molecule has 0 aliphatic rings. The first-order valence-electron chi connectivity index (χ1n) is 6.33. The van der Waals surface area contributed by atoms with Gasteiger partial charge in [0.2, 0.25) is 15.9 Å². The number of hydrogen-bond donors (Lipinski definition) is 2. The monoisotopic (exact) mass is 314 g/mol. The molecule has 1 aromatic carbocycles. The predicted molar refractivity (Wildman–Crippen MR) is 76.1 cm³/mol. The summed E-state index contributed by atoms with van der Waals surface area (Å²) in [5.74, 6) is -1.18. The molecule has 0 saturated heterocycles. The molecule has 0 aliphatic carbocycles. The second-order valence-corrected chi connectivity index (χ2v) is 6.06. The third-order valence-corrected chi connectivity index (χ3v) is 4.17. The summed E-state index contributed by atoms with van der Waals surface area (Å²) in [5.41, 5.74) is 5.92. The van der Waals surface area contributed by atoms with Gasteiger partial charge in [0.25, 0.3) is 0 Å². The summed E-state index contributed by atoms with van der Waals surface area (Å²) in [4.78, 5) is 22.3. The van der Waals surface area contributed by atoms with Crippen molar-refractivity contribution in [2.24, 2.45) is 5.73 Å². The summed E-state index contributed by atoms with van der Waals surface area (Å²) in [6.45, 7) is 3.48. The number of nitrogens with one attached hydrogen (secondary N) is 1. The molecule has 1 rings (SSSR count). The molecule has 0 atom stereocenters. The molecule has 0 aromatic heterocycles. The number of sulfonamides is 1. The number of hydrogen-bond acceptors (Lipinski definition) is 5. The standard InChI is InChI=1S/C13H18N2O5S/c1-3-20-12(16)6-7-15-21(18,19)10-5-4-9(2)11(8-10)13(14)17/h4-5,8,15H,3,6-7H2,1-2H3,(H2,14,17).